The zero-order chi connectivity index (χ0) is 21.8. The van der Waals surface area contributed by atoms with Gasteiger partial charge in [-0.3, -0.25) is 9.59 Å². The van der Waals surface area contributed by atoms with Crippen molar-refractivity contribution in [3.8, 4) is 0 Å². The van der Waals surface area contributed by atoms with E-state index in [1.807, 2.05) is 25.7 Å². The number of hydrogen-bond acceptors (Lipinski definition) is 6. The molecule has 0 aliphatic carbocycles. The van der Waals surface area contributed by atoms with E-state index in [9.17, 15) is 9.59 Å². The number of piperidine rings is 1. The molecule has 7 nitrogen and oxygen atoms in total. The number of hydrogen-bond donors (Lipinski definition) is 1. The van der Waals surface area contributed by atoms with Crippen molar-refractivity contribution in [2.45, 2.75) is 72.3 Å². The van der Waals surface area contributed by atoms with Crippen LogP contribution in [0.4, 0.5) is 5.82 Å². The first-order valence-electron chi connectivity index (χ1n) is 10.3. The number of nitrogens with zero attached hydrogens (tertiary/aromatic N) is 3. The van der Waals surface area contributed by atoms with Gasteiger partial charge in [0.15, 0.2) is 0 Å². The van der Waals surface area contributed by atoms with E-state index in [1.54, 1.807) is 13.8 Å². The third-order valence-corrected chi connectivity index (χ3v) is 5.46. The maximum Gasteiger partial charge on any atom is 0.307 e. The van der Waals surface area contributed by atoms with E-state index in [0.29, 0.717) is 35.8 Å². The molecule has 162 valence electrons. The monoisotopic (exact) mass is 424 g/mol. The minimum Gasteiger partial charge on any atom is -0.460 e. The van der Waals surface area contributed by atoms with Crippen LogP contribution in [0.1, 0.15) is 64.8 Å². The van der Waals surface area contributed by atoms with Gasteiger partial charge in [-0.1, -0.05) is 18.5 Å². The highest BCUT2D eigenvalue weighted by molar-refractivity contribution is 6.30. The molecule has 1 atom stereocenters. The Morgan fingerprint density at radius 1 is 1.28 bits per heavy atom. The Morgan fingerprint density at radius 2 is 1.90 bits per heavy atom. The molecule has 1 aromatic rings. The van der Waals surface area contributed by atoms with Gasteiger partial charge in [-0.05, 0) is 59.3 Å². The van der Waals surface area contributed by atoms with Crippen LogP contribution in [-0.4, -0.2) is 45.4 Å². The van der Waals surface area contributed by atoms with Crippen molar-refractivity contribution in [1.29, 1.82) is 0 Å². The number of rotatable bonds is 6. The Morgan fingerprint density at radius 3 is 2.45 bits per heavy atom. The van der Waals surface area contributed by atoms with Crippen molar-refractivity contribution in [1.82, 2.24) is 14.9 Å². The third-order valence-electron chi connectivity index (χ3n) is 5.14. The largest absolute Gasteiger partial charge is 0.460 e. The molecule has 2 heterocycles. The molecule has 0 radical (unpaired) electrons. The fraction of sp³-hybridized carbons (Fsp3) is 0.714. The predicted octanol–water partition coefficient (Wildman–Crippen LogP) is 3.56. The summed E-state index contributed by atoms with van der Waals surface area (Å²) in [7, 11) is 0. The van der Waals surface area contributed by atoms with E-state index in [2.05, 4.69) is 9.97 Å². The summed E-state index contributed by atoms with van der Waals surface area (Å²) >= 11 is 6.21. The molecule has 2 rings (SSSR count). The van der Waals surface area contributed by atoms with Crippen LogP contribution < -0.4 is 5.73 Å². The van der Waals surface area contributed by atoms with E-state index in [4.69, 9.17) is 22.1 Å². The van der Waals surface area contributed by atoms with Gasteiger partial charge in [0.2, 0.25) is 5.91 Å². The van der Waals surface area contributed by atoms with E-state index in [1.165, 1.54) is 0 Å². The predicted molar refractivity (Wildman–Crippen MR) is 113 cm³/mol. The number of carbonyl (C=O) groups excluding carboxylic acids is 2. The minimum atomic E-state index is -0.535. The molecule has 0 aromatic carbocycles. The van der Waals surface area contributed by atoms with Gasteiger partial charge in [-0.25, -0.2) is 9.97 Å². The van der Waals surface area contributed by atoms with Gasteiger partial charge in [-0.2, -0.15) is 0 Å². The molecule has 1 aliphatic heterocycles. The van der Waals surface area contributed by atoms with Crippen LogP contribution in [0.5, 0.6) is 0 Å². The van der Waals surface area contributed by atoms with Crippen molar-refractivity contribution >= 4 is 29.3 Å². The van der Waals surface area contributed by atoms with Crippen molar-refractivity contribution < 1.29 is 14.3 Å². The molecule has 1 aromatic heterocycles. The lowest BCUT2D eigenvalue weighted by Gasteiger charge is -2.33. The van der Waals surface area contributed by atoms with Gasteiger partial charge in [0, 0.05) is 24.6 Å². The van der Waals surface area contributed by atoms with Crippen molar-refractivity contribution in [2.24, 2.45) is 11.8 Å². The summed E-state index contributed by atoms with van der Waals surface area (Å²) in [6.07, 6.45) is 3.63. The number of amides is 1. The van der Waals surface area contributed by atoms with Crippen LogP contribution in [0, 0.1) is 18.8 Å². The molecule has 1 fully saturated rings. The van der Waals surface area contributed by atoms with Gasteiger partial charge in [0.05, 0.1) is 6.42 Å². The quantitative estimate of drug-likeness (QED) is 0.553. The lowest BCUT2D eigenvalue weighted by atomic mass is 9.90. The zero-order valence-corrected chi connectivity index (χ0v) is 18.9. The van der Waals surface area contributed by atoms with Crippen LogP contribution in [-0.2, 0) is 20.7 Å². The lowest BCUT2D eigenvalue weighted by molar-refractivity contribution is -0.158. The van der Waals surface area contributed by atoms with Gasteiger partial charge in [0.25, 0.3) is 0 Å². The van der Waals surface area contributed by atoms with Gasteiger partial charge < -0.3 is 15.4 Å². The number of ether oxygens (including phenoxy) is 1. The summed E-state index contributed by atoms with van der Waals surface area (Å²) in [5, 5.41) is 0.429. The number of nitrogen functional groups attached to an aromatic ring is 1. The van der Waals surface area contributed by atoms with Crippen molar-refractivity contribution in [2.75, 3.05) is 18.8 Å². The first kappa shape index (κ1) is 23.4. The molecule has 2 N–H and O–H groups in total. The number of aryl methyl sites for hydroxylation is 1. The van der Waals surface area contributed by atoms with Crippen LogP contribution in [0.2, 0.25) is 5.15 Å². The topological polar surface area (TPSA) is 98.4 Å². The summed E-state index contributed by atoms with van der Waals surface area (Å²) in [4.78, 5) is 34.9. The second kappa shape index (κ2) is 9.74. The highest BCUT2D eigenvalue weighted by Gasteiger charge is 2.28. The summed E-state index contributed by atoms with van der Waals surface area (Å²) < 4.78 is 5.32. The summed E-state index contributed by atoms with van der Waals surface area (Å²) in [5.74, 6) is 0.841. The average Bonchev–Trinajstić information content (AvgIpc) is 2.59. The number of anilines is 1. The van der Waals surface area contributed by atoms with Crippen molar-refractivity contribution in [3.63, 3.8) is 0 Å². The molecule has 0 unspecified atom stereocenters. The van der Waals surface area contributed by atoms with E-state index in [-0.39, 0.29) is 24.2 Å². The smallest absolute Gasteiger partial charge is 0.307 e. The zero-order valence-electron chi connectivity index (χ0n) is 18.1. The molecule has 8 heteroatoms. The number of carbonyl (C=O) groups is 2. The molecule has 1 saturated heterocycles. The number of likely N-dealkylation sites (tertiary alicyclic amines) is 1. The minimum absolute atomic E-state index is 0.0218. The molecule has 29 heavy (non-hydrogen) atoms. The SMILES string of the molecule is Cc1nc(N)c(CCC2CCN(C(=O)[C@@H](C)CC(=O)OC(C)(C)C)CC2)c(Cl)n1. The Balaban J connectivity index is 1.80. The number of nitrogens with two attached hydrogens (primary N) is 1. The average molecular weight is 425 g/mol. The maximum absolute atomic E-state index is 12.7. The maximum atomic E-state index is 12.7. The normalized spacial score (nSPS) is 16.6. The molecule has 0 spiro atoms. The van der Waals surface area contributed by atoms with Crippen LogP contribution in [0.15, 0.2) is 0 Å². The van der Waals surface area contributed by atoms with Crippen LogP contribution in [0.3, 0.4) is 0 Å². The van der Waals surface area contributed by atoms with Crippen molar-refractivity contribution in [3.05, 3.63) is 16.5 Å². The molecule has 0 bridgehead atoms. The molecule has 1 aliphatic rings. The highest BCUT2D eigenvalue weighted by atomic mass is 35.5. The van der Waals surface area contributed by atoms with E-state index < -0.39 is 5.60 Å². The highest BCUT2D eigenvalue weighted by Crippen LogP contribution is 2.27. The Bertz CT molecular complexity index is 717. The molecule has 0 saturated carbocycles. The standard InChI is InChI=1S/C21H33ClN4O3/c1-13(12-17(27)29-21(3,4)5)20(28)26-10-8-15(9-11-26)6-7-16-18(22)24-14(2)25-19(16)23/h13,15H,6-12H2,1-5H3,(H2,23,24,25)/t13-/m0/s1. The molecule has 1 amide bonds. The number of aromatic nitrogens is 2. The van der Waals surface area contributed by atoms with E-state index >= 15 is 0 Å². The Labute approximate surface area is 178 Å². The van der Waals surface area contributed by atoms with Crippen LogP contribution in [0.25, 0.3) is 0 Å². The number of esters is 1. The first-order valence-corrected chi connectivity index (χ1v) is 10.6. The van der Waals surface area contributed by atoms with Crippen LogP contribution >= 0.6 is 11.6 Å². The summed E-state index contributed by atoms with van der Waals surface area (Å²) in [6.45, 7) is 10.4. The molecular weight excluding hydrogens is 392 g/mol. The fourth-order valence-electron chi connectivity index (χ4n) is 3.64. The first-order chi connectivity index (χ1) is 13.5. The van der Waals surface area contributed by atoms with E-state index in [0.717, 1.165) is 31.2 Å². The third kappa shape index (κ3) is 7.14. The molecular formula is C21H33ClN4O3. The van der Waals surface area contributed by atoms with Gasteiger partial charge >= 0.3 is 5.97 Å². The second-order valence-corrected chi connectivity index (χ2v) is 9.28. The fourth-order valence-corrected chi connectivity index (χ4v) is 3.95. The lowest BCUT2D eigenvalue weighted by Crippen LogP contribution is -2.42. The van der Waals surface area contributed by atoms with Gasteiger partial charge in [0.1, 0.15) is 22.4 Å². The second-order valence-electron chi connectivity index (χ2n) is 8.92. The Hall–Kier alpha value is -1.89. The van der Waals surface area contributed by atoms with Gasteiger partial charge in [-0.15, -0.1) is 0 Å². The summed E-state index contributed by atoms with van der Waals surface area (Å²) in [6, 6.07) is 0. The Kier molecular flexibility index (Phi) is 7.86. The summed E-state index contributed by atoms with van der Waals surface area (Å²) in [5.41, 5.74) is 6.26. The number of halogens is 1.